The zero-order chi connectivity index (χ0) is 19.3. The number of amides is 2. The molecule has 3 aromatic rings. The van der Waals surface area contributed by atoms with Gasteiger partial charge in [0.25, 0.3) is 5.91 Å². The number of carbonyl (C=O) groups is 2. The normalized spacial score (nSPS) is 15.8. The zero-order valence-electron chi connectivity index (χ0n) is 15.5. The van der Waals surface area contributed by atoms with Gasteiger partial charge in [0.1, 0.15) is 5.56 Å². The van der Waals surface area contributed by atoms with E-state index in [1.54, 1.807) is 10.9 Å². The Balaban J connectivity index is 1.65. The van der Waals surface area contributed by atoms with Crippen LogP contribution in [0.3, 0.4) is 0 Å². The average molecular weight is 373 g/mol. The molecular weight excluding hydrogens is 354 g/mol. The van der Waals surface area contributed by atoms with Crippen LogP contribution >= 0.6 is 0 Å². The van der Waals surface area contributed by atoms with Crippen molar-refractivity contribution >= 4 is 23.3 Å². The summed E-state index contributed by atoms with van der Waals surface area (Å²) in [6.45, 7) is 1.23. The van der Waals surface area contributed by atoms with Crippen LogP contribution in [0.2, 0.25) is 0 Å². The van der Waals surface area contributed by atoms with Crippen LogP contribution in [-0.2, 0) is 24.2 Å². The van der Waals surface area contributed by atoms with Crippen LogP contribution in [0.1, 0.15) is 27.3 Å². The maximum Gasteiger partial charge on any atom is 0.265 e. The Morgan fingerprint density at radius 1 is 1.07 bits per heavy atom. The largest absolute Gasteiger partial charge is 0.322 e. The molecule has 0 aliphatic carbocycles. The van der Waals surface area contributed by atoms with Crippen molar-refractivity contribution in [3.8, 4) is 0 Å². The number of fused-ring (bicyclic) bond motifs is 2. The SMILES string of the molecule is CN1C(=O)Cc2c(c(N3CCc4ncccc43)nn2Cc2ccccc2)C1=O. The van der Waals surface area contributed by atoms with Gasteiger partial charge in [0, 0.05) is 26.2 Å². The number of rotatable bonds is 3. The van der Waals surface area contributed by atoms with Crippen molar-refractivity contribution in [1.82, 2.24) is 19.7 Å². The Morgan fingerprint density at radius 2 is 1.89 bits per heavy atom. The van der Waals surface area contributed by atoms with Gasteiger partial charge in [0.15, 0.2) is 5.82 Å². The van der Waals surface area contributed by atoms with Gasteiger partial charge in [-0.15, -0.1) is 0 Å². The van der Waals surface area contributed by atoms with E-state index < -0.39 is 0 Å². The smallest absolute Gasteiger partial charge is 0.265 e. The maximum absolute atomic E-state index is 13.0. The first-order valence-electron chi connectivity index (χ1n) is 9.29. The lowest BCUT2D eigenvalue weighted by Gasteiger charge is -2.24. The van der Waals surface area contributed by atoms with Gasteiger partial charge in [-0.2, -0.15) is 5.10 Å². The second-order valence-electron chi connectivity index (χ2n) is 7.09. The van der Waals surface area contributed by atoms with E-state index in [1.165, 1.54) is 11.9 Å². The van der Waals surface area contributed by atoms with Crippen molar-refractivity contribution < 1.29 is 9.59 Å². The molecule has 28 heavy (non-hydrogen) atoms. The maximum atomic E-state index is 13.0. The predicted octanol–water partition coefficient (Wildman–Crippen LogP) is 2.18. The first-order chi connectivity index (χ1) is 13.6. The van der Waals surface area contributed by atoms with Gasteiger partial charge in [0.2, 0.25) is 5.91 Å². The van der Waals surface area contributed by atoms with Gasteiger partial charge in [-0.3, -0.25) is 24.2 Å². The number of carbonyl (C=O) groups excluding carboxylic acids is 2. The van der Waals surface area contributed by atoms with Crippen LogP contribution in [0, 0.1) is 0 Å². The first kappa shape index (κ1) is 16.7. The van der Waals surface area contributed by atoms with Crippen LogP contribution in [0.15, 0.2) is 48.7 Å². The van der Waals surface area contributed by atoms with Crippen molar-refractivity contribution in [3.63, 3.8) is 0 Å². The molecule has 0 saturated heterocycles. The van der Waals surface area contributed by atoms with Gasteiger partial charge in [-0.1, -0.05) is 30.3 Å². The monoisotopic (exact) mass is 373 g/mol. The first-order valence-corrected chi connectivity index (χ1v) is 9.29. The summed E-state index contributed by atoms with van der Waals surface area (Å²) < 4.78 is 1.80. The molecule has 7 nitrogen and oxygen atoms in total. The highest BCUT2D eigenvalue weighted by Crippen LogP contribution is 2.37. The van der Waals surface area contributed by atoms with E-state index in [9.17, 15) is 9.59 Å². The molecule has 2 aromatic heterocycles. The summed E-state index contributed by atoms with van der Waals surface area (Å²) >= 11 is 0. The molecule has 4 heterocycles. The van der Waals surface area contributed by atoms with Crippen molar-refractivity contribution in [2.24, 2.45) is 0 Å². The molecule has 5 rings (SSSR count). The summed E-state index contributed by atoms with van der Waals surface area (Å²) in [4.78, 5) is 33.0. The highest BCUT2D eigenvalue weighted by atomic mass is 16.2. The molecule has 0 fully saturated rings. The number of benzene rings is 1. The molecular formula is C21H19N5O2. The van der Waals surface area contributed by atoms with Gasteiger partial charge >= 0.3 is 0 Å². The Labute approximate surface area is 162 Å². The topological polar surface area (TPSA) is 71.3 Å². The van der Waals surface area contributed by atoms with E-state index in [4.69, 9.17) is 5.10 Å². The van der Waals surface area contributed by atoms with Crippen LogP contribution in [0.5, 0.6) is 0 Å². The van der Waals surface area contributed by atoms with Crippen LogP contribution in [0.25, 0.3) is 0 Å². The summed E-state index contributed by atoms with van der Waals surface area (Å²) in [6, 6.07) is 13.8. The Morgan fingerprint density at radius 3 is 2.71 bits per heavy atom. The molecule has 2 aliphatic heterocycles. The third-order valence-electron chi connectivity index (χ3n) is 5.41. The third kappa shape index (κ3) is 2.51. The summed E-state index contributed by atoms with van der Waals surface area (Å²) in [7, 11) is 1.53. The predicted molar refractivity (Wildman–Crippen MR) is 104 cm³/mol. The van der Waals surface area contributed by atoms with Gasteiger partial charge in [0.05, 0.1) is 30.0 Å². The van der Waals surface area contributed by atoms with Crippen LogP contribution in [0.4, 0.5) is 11.5 Å². The van der Waals surface area contributed by atoms with E-state index in [1.807, 2.05) is 47.4 Å². The van der Waals surface area contributed by atoms with E-state index in [0.717, 1.165) is 23.4 Å². The fourth-order valence-corrected chi connectivity index (χ4v) is 3.93. The molecule has 7 heteroatoms. The minimum atomic E-state index is -0.294. The Bertz CT molecular complexity index is 1090. The lowest BCUT2D eigenvalue weighted by Crippen LogP contribution is -2.40. The summed E-state index contributed by atoms with van der Waals surface area (Å²) in [5.74, 6) is 0.113. The van der Waals surface area contributed by atoms with Crippen molar-refractivity contribution in [1.29, 1.82) is 0 Å². The standard InChI is InChI=1S/C21H19N5O2/c1-24-18(27)12-17-19(21(24)28)20(23-26(17)13-14-6-3-2-4-7-14)25-11-9-15-16(25)8-5-10-22-15/h2-8,10H,9,11-13H2,1H3. The van der Waals surface area contributed by atoms with E-state index in [0.29, 0.717) is 30.2 Å². The Kier molecular flexibility index (Phi) is 3.75. The average Bonchev–Trinajstić information content (AvgIpc) is 3.29. The van der Waals surface area contributed by atoms with Gasteiger partial charge in [-0.25, -0.2) is 0 Å². The highest BCUT2D eigenvalue weighted by molar-refractivity contribution is 6.12. The van der Waals surface area contributed by atoms with Gasteiger partial charge < -0.3 is 4.90 Å². The molecule has 0 atom stereocenters. The second-order valence-corrected chi connectivity index (χ2v) is 7.09. The lowest BCUT2D eigenvalue weighted by molar-refractivity contribution is -0.127. The van der Waals surface area contributed by atoms with Crippen LogP contribution in [-0.4, -0.2) is 45.1 Å². The summed E-state index contributed by atoms with van der Waals surface area (Å²) in [5.41, 5.74) is 4.25. The molecule has 140 valence electrons. The van der Waals surface area contributed by atoms with E-state index >= 15 is 0 Å². The molecule has 2 aliphatic rings. The number of pyridine rings is 1. The quantitative estimate of drug-likeness (QED) is 0.658. The minimum absolute atomic E-state index is 0.172. The van der Waals surface area contributed by atoms with Crippen molar-refractivity contribution in [2.75, 3.05) is 18.5 Å². The highest BCUT2D eigenvalue weighted by Gasteiger charge is 2.38. The molecule has 0 N–H and O–H groups in total. The number of anilines is 2. The van der Waals surface area contributed by atoms with Crippen molar-refractivity contribution in [3.05, 3.63) is 71.2 Å². The fraction of sp³-hybridized carbons (Fsp3) is 0.238. The van der Waals surface area contributed by atoms with Gasteiger partial charge in [-0.05, 0) is 17.7 Å². The molecule has 0 unspecified atom stereocenters. The fourth-order valence-electron chi connectivity index (χ4n) is 3.93. The number of aromatic nitrogens is 3. The minimum Gasteiger partial charge on any atom is -0.322 e. The molecule has 1 aromatic carbocycles. The zero-order valence-corrected chi connectivity index (χ0v) is 15.5. The van der Waals surface area contributed by atoms with E-state index in [2.05, 4.69) is 4.98 Å². The molecule has 0 spiro atoms. The third-order valence-corrected chi connectivity index (χ3v) is 5.41. The molecule has 0 saturated carbocycles. The molecule has 0 radical (unpaired) electrons. The summed E-state index contributed by atoms with van der Waals surface area (Å²) in [6.07, 6.45) is 2.76. The number of hydrogen-bond donors (Lipinski definition) is 0. The van der Waals surface area contributed by atoms with Crippen LogP contribution < -0.4 is 4.90 Å². The lowest BCUT2D eigenvalue weighted by atomic mass is 10.1. The summed E-state index contributed by atoms with van der Waals surface area (Å²) in [5, 5.41) is 4.80. The number of hydrogen-bond acceptors (Lipinski definition) is 5. The Hall–Kier alpha value is -3.48. The number of nitrogens with zero attached hydrogens (tertiary/aromatic N) is 5. The number of imide groups is 1. The molecule has 2 amide bonds. The van der Waals surface area contributed by atoms with E-state index in [-0.39, 0.29) is 18.2 Å². The van der Waals surface area contributed by atoms with Crippen molar-refractivity contribution in [2.45, 2.75) is 19.4 Å². The second kappa shape index (κ2) is 6.30. The number of likely N-dealkylation sites (N-methyl/N-ethyl adjacent to an activating group) is 1. The molecule has 0 bridgehead atoms.